The van der Waals surface area contributed by atoms with Gasteiger partial charge in [-0.05, 0) is 269 Å². The summed E-state index contributed by atoms with van der Waals surface area (Å²) in [5.41, 5.74) is 25.5. The van der Waals surface area contributed by atoms with Crippen LogP contribution in [0.25, 0.3) is 120 Å². The van der Waals surface area contributed by atoms with E-state index >= 15 is 0 Å². The van der Waals surface area contributed by atoms with Crippen LogP contribution in [0.3, 0.4) is 0 Å². The predicted octanol–water partition coefficient (Wildman–Crippen LogP) is 25.4. The third kappa shape index (κ3) is 7.21. The normalized spacial score (nSPS) is 22.5. The molecule has 0 spiro atoms. The molecule has 3 heteroatoms. The summed E-state index contributed by atoms with van der Waals surface area (Å²) < 4.78 is 0. The van der Waals surface area contributed by atoms with E-state index < -0.39 is 0 Å². The van der Waals surface area contributed by atoms with Gasteiger partial charge in [-0.25, -0.2) is 0 Å². The summed E-state index contributed by atoms with van der Waals surface area (Å²) in [5, 5.41) is 16.0. The molecule has 3 fully saturated rings. The molecule has 0 amide bonds. The van der Waals surface area contributed by atoms with Gasteiger partial charge in [0.1, 0.15) is 0 Å². The Bertz CT molecular complexity index is 5410. The van der Waals surface area contributed by atoms with Crippen LogP contribution >= 0.6 is 0 Å². The van der Waals surface area contributed by atoms with Crippen LogP contribution < -0.4 is 14.7 Å². The SMILES string of the molecule is CC12CCCC1c1cc(-c3ccc4c5c(-c6ccccc6)c6c7ccc(-c8ccc9c(c8)C8CCCC8(C)N9c8ccccc8)c8c(-c9ccc%10c(c9)C9CCCC9(C)N%10c9ccccc9)ccc(c6c(-c6ccccc6)c5c5cccc3c54)c87)ccc1N2c1ccccc1. The molecule has 0 saturated heterocycles. The fourth-order valence-electron chi connectivity index (χ4n) is 21.3. The first-order valence-corrected chi connectivity index (χ1v) is 35.3. The van der Waals surface area contributed by atoms with Gasteiger partial charge in [-0.1, -0.05) is 207 Å². The quantitative estimate of drug-likeness (QED) is 0.150. The van der Waals surface area contributed by atoms with Gasteiger partial charge in [0.05, 0.1) is 0 Å². The average molecular weight is 1220 g/mol. The smallest absolute Gasteiger partial charge is 0.0492 e. The number of para-hydroxylation sites is 3. The maximum Gasteiger partial charge on any atom is 0.0492 e. The lowest BCUT2D eigenvalue weighted by molar-refractivity contribution is 0.451. The van der Waals surface area contributed by atoms with Gasteiger partial charge in [-0.15, -0.1) is 0 Å². The second-order valence-corrected chi connectivity index (χ2v) is 29.7. The summed E-state index contributed by atoms with van der Waals surface area (Å²) in [7, 11) is 0. The van der Waals surface area contributed by atoms with Crippen molar-refractivity contribution in [3.8, 4) is 55.6 Å². The Morgan fingerprint density at radius 2 is 0.589 bits per heavy atom. The Hall–Kier alpha value is -10.2. The van der Waals surface area contributed by atoms with Crippen LogP contribution in [0, 0.1) is 0 Å². The third-order valence-corrected chi connectivity index (χ3v) is 25.1. The summed E-state index contributed by atoms with van der Waals surface area (Å²) in [4.78, 5) is 8.08. The van der Waals surface area contributed by atoms with Gasteiger partial charge in [0, 0.05) is 68.5 Å². The lowest BCUT2D eigenvalue weighted by atomic mass is 9.84. The summed E-state index contributed by atoms with van der Waals surface area (Å²) >= 11 is 0. The van der Waals surface area contributed by atoms with E-state index in [4.69, 9.17) is 0 Å². The molecule has 15 aromatic rings. The van der Waals surface area contributed by atoms with Gasteiger partial charge in [0.25, 0.3) is 0 Å². The maximum atomic E-state index is 2.70. The monoisotopic (exact) mass is 1220 g/mol. The number of rotatable bonds is 8. The zero-order valence-electron chi connectivity index (χ0n) is 54.3. The zero-order chi connectivity index (χ0) is 62.6. The first-order chi connectivity index (χ1) is 46.8. The summed E-state index contributed by atoms with van der Waals surface area (Å²) in [6.07, 6.45) is 10.9. The van der Waals surface area contributed by atoms with Crippen molar-refractivity contribution < 1.29 is 0 Å². The standard InChI is InChI=1S/C92H73N3/c1-90-50-20-35-75(90)72-53-58(38-47-78(72)93(90)61-27-13-6-14-28-61)64-41-44-69-83-67(64)33-19-34-68(83)86-81(56-23-9-4-10-24-56)88-70-45-42-65(59-39-48-79-73(54-59)76-36-21-51-91(76,2)94(79)62-29-15-7-16-30-62)84-66(43-46-71(85(70)84)89(88)82(87(69)86)57-25-11-5-12-26-57)60-40-49-80-74(55-60)77-37-22-52-92(77,3)95(80)63-31-17-8-18-32-63/h4-19,23-34,38-49,53-55,75-77H,20-22,35-37,50-52H2,1-3H3. The predicted molar refractivity (Wildman–Crippen MR) is 402 cm³/mol. The molecule has 21 rings (SSSR count). The Labute approximate surface area is 556 Å². The van der Waals surface area contributed by atoms with E-state index in [2.05, 4.69) is 296 Å². The van der Waals surface area contributed by atoms with Crippen molar-refractivity contribution in [3.05, 3.63) is 278 Å². The first kappa shape index (κ1) is 54.2. The van der Waals surface area contributed by atoms with E-state index in [1.54, 1.807) is 0 Å². The maximum absolute atomic E-state index is 2.70. The first-order valence-electron chi connectivity index (χ1n) is 35.3. The van der Waals surface area contributed by atoms with Crippen molar-refractivity contribution in [2.45, 2.75) is 113 Å². The molecule has 456 valence electrons. The van der Waals surface area contributed by atoms with Gasteiger partial charge >= 0.3 is 0 Å². The van der Waals surface area contributed by atoms with Crippen LogP contribution in [0.4, 0.5) is 34.1 Å². The molecule has 0 N–H and O–H groups in total. The molecule has 0 radical (unpaired) electrons. The highest BCUT2D eigenvalue weighted by atomic mass is 15.3. The fraction of sp³-hybridized carbons (Fsp3) is 0.196. The van der Waals surface area contributed by atoms with E-state index in [1.807, 2.05) is 0 Å². The molecule has 95 heavy (non-hydrogen) atoms. The number of anilines is 6. The molecule has 0 bridgehead atoms. The van der Waals surface area contributed by atoms with Crippen LogP contribution in [0.15, 0.2) is 261 Å². The topological polar surface area (TPSA) is 9.72 Å². The Morgan fingerprint density at radius 3 is 0.979 bits per heavy atom. The molecule has 3 aliphatic heterocycles. The van der Waals surface area contributed by atoms with Gasteiger partial charge in [0.2, 0.25) is 0 Å². The highest BCUT2D eigenvalue weighted by molar-refractivity contribution is 6.47. The molecular formula is C92H73N3. The molecule has 3 heterocycles. The van der Waals surface area contributed by atoms with Crippen LogP contribution in [-0.2, 0) is 0 Å². The molecular weight excluding hydrogens is 1150 g/mol. The molecule has 6 aliphatic rings. The van der Waals surface area contributed by atoms with E-state index in [1.165, 1.54) is 229 Å². The highest BCUT2D eigenvalue weighted by Crippen LogP contribution is 2.65. The van der Waals surface area contributed by atoms with Crippen molar-refractivity contribution >= 4 is 98.8 Å². The van der Waals surface area contributed by atoms with E-state index in [0.29, 0.717) is 17.8 Å². The van der Waals surface area contributed by atoms with Crippen LogP contribution in [0.2, 0.25) is 0 Å². The molecule has 3 aliphatic carbocycles. The Morgan fingerprint density at radius 1 is 0.263 bits per heavy atom. The minimum Gasteiger partial charge on any atom is -0.335 e. The summed E-state index contributed by atoms with van der Waals surface area (Å²) in [6.45, 7) is 7.59. The number of nitrogens with zero attached hydrogens (tertiary/aromatic N) is 3. The van der Waals surface area contributed by atoms with Gasteiger partial charge < -0.3 is 14.7 Å². The lowest BCUT2D eigenvalue weighted by Gasteiger charge is -2.37. The number of hydrogen-bond donors (Lipinski definition) is 0. The number of fused-ring (bicyclic) bond motifs is 15. The van der Waals surface area contributed by atoms with Crippen molar-refractivity contribution in [1.29, 1.82) is 0 Å². The molecule has 6 unspecified atom stereocenters. The van der Waals surface area contributed by atoms with E-state index in [-0.39, 0.29) is 16.6 Å². The Kier molecular flexibility index (Phi) is 11.2. The van der Waals surface area contributed by atoms with E-state index in [0.717, 1.165) is 0 Å². The molecule has 3 saturated carbocycles. The van der Waals surface area contributed by atoms with Crippen LogP contribution in [0.1, 0.15) is 113 Å². The molecule has 15 aromatic carbocycles. The van der Waals surface area contributed by atoms with Gasteiger partial charge in [-0.2, -0.15) is 0 Å². The van der Waals surface area contributed by atoms with E-state index in [9.17, 15) is 0 Å². The highest BCUT2D eigenvalue weighted by Gasteiger charge is 2.54. The summed E-state index contributed by atoms with van der Waals surface area (Å²) in [6, 6.07) is 101. The molecule has 0 aromatic heterocycles. The van der Waals surface area contributed by atoms with Crippen molar-refractivity contribution in [2.24, 2.45) is 0 Å². The van der Waals surface area contributed by atoms with Crippen molar-refractivity contribution in [1.82, 2.24) is 0 Å². The fourth-order valence-corrected chi connectivity index (χ4v) is 21.3. The van der Waals surface area contributed by atoms with Crippen molar-refractivity contribution in [3.63, 3.8) is 0 Å². The molecule has 6 atom stereocenters. The van der Waals surface area contributed by atoms with Gasteiger partial charge in [0.15, 0.2) is 0 Å². The zero-order valence-corrected chi connectivity index (χ0v) is 54.3. The number of hydrogen-bond acceptors (Lipinski definition) is 3. The van der Waals surface area contributed by atoms with Crippen molar-refractivity contribution in [2.75, 3.05) is 14.7 Å². The summed E-state index contributed by atoms with van der Waals surface area (Å²) in [5.74, 6) is 1.37. The third-order valence-electron chi connectivity index (χ3n) is 25.1. The average Bonchev–Trinajstić information content (AvgIpc) is 1.52. The van der Waals surface area contributed by atoms with Gasteiger partial charge in [-0.3, -0.25) is 0 Å². The minimum atomic E-state index is 0.0150. The largest absolute Gasteiger partial charge is 0.335 e. The van der Waals surface area contributed by atoms with Crippen LogP contribution in [-0.4, -0.2) is 16.6 Å². The second-order valence-electron chi connectivity index (χ2n) is 29.7. The van der Waals surface area contributed by atoms with Crippen LogP contribution in [0.5, 0.6) is 0 Å². The number of benzene rings is 13. The minimum absolute atomic E-state index is 0.0150. The Balaban J connectivity index is 0.847. The lowest BCUT2D eigenvalue weighted by Crippen LogP contribution is -2.40. The molecule has 3 nitrogen and oxygen atoms in total. The second kappa shape index (κ2) is 19.7.